The second-order valence-corrected chi connectivity index (χ2v) is 5.58. The molecule has 2 aromatic carbocycles. The molecule has 0 amide bonds. The van der Waals surface area contributed by atoms with Gasteiger partial charge in [-0.25, -0.2) is 4.98 Å². The highest BCUT2D eigenvalue weighted by Crippen LogP contribution is 2.31. The summed E-state index contributed by atoms with van der Waals surface area (Å²) in [6.07, 6.45) is 0. The molecule has 0 radical (unpaired) electrons. The number of aromatic hydroxyl groups is 1. The van der Waals surface area contributed by atoms with Gasteiger partial charge in [-0.3, -0.25) is 0 Å². The van der Waals surface area contributed by atoms with E-state index in [0.29, 0.717) is 23.1 Å². The summed E-state index contributed by atoms with van der Waals surface area (Å²) in [5.74, 6) is 0.749. The molecule has 0 unspecified atom stereocenters. The van der Waals surface area contributed by atoms with E-state index in [1.807, 2.05) is 35.9 Å². The Kier molecular flexibility index (Phi) is 3.66. The summed E-state index contributed by atoms with van der Waals surface area (Å²) in [7, 11) is 1.93. The van der Waals surface area contributed by atoms with Crippen molar-refractivity contribution in [1.82, 2.24) is 9.55 Å². The van der Waals surface area contributed by atoms with Gasteiger partial charge in [-0.05, 0) is 24.3 Å². The van der Waals surface area contributed by atoms with E-state index in [4.69, 9.17) is 23.2 Å². The fourth-order valence-electron chi connectivity index (χ4n) is 2.23. The number of fused-ring (bicyclic) bond motifs is 1. The Morgan fingerprint density at radius 1 is 1.24 bits per heavy atom. The molecule has 108 valence electrons. The number of aromatic nitrogens is 2. The van der Waals surface area contributed by atoms with Gasteiger partial charge in [0.05, 0.1) is 16.1 Å². The maximum atomic E-state index is 9.95. The Bertz CT molecular complexity index is 814. The van der Waals surface area contributed by atoms with Crippen LogP contribution >= 0.6 is 23.2 Å². The number of imidazole rings is 1. The summed E-state index contributed by atoms with van der Waals surface area (Å²) >= 11 is 11.9. The van der Waals surface area contributed by atoms with Crippen LogP contribution in [0.15, 0.2) is 36.4 Å². The summed E-state index contributed by atoms with van der Waals surface area (Å²) < 4.78 is 1.96. The van der Waals surface area contributed by atoms with Crippen LogP contribution in [0.25, 0.3) is 11.0 Å². The van der Waals surface area contributed by atoms with Crippen molar-refractivity contribution in [2.75, 3.05) is 5.32 Å². The summed E-state index contributed by atoms with van der Waals surface area (Å²) in [5.41, 5.74) is 2.57. The number of aryl methyl sites for hydroxylation is 1. The van der Waals surface area contributed by atoms with Crippen LogP contribution in [0, 0.1) is 0 Å². The lowest BCUT2D eigenvalue weighted by atomic mass is 10.2. The second-order valence-electron chi connectivity index (χ2n) is 4.73. The van der Waals surface area contributed by atoms with Gasteiger partial charge in [0.15, 0.2) is 0 Å². The molecule has 0 saturated carbocycles. The zero-order valence-electron chi connectivity index (χ0n) is 11.3. The number of benzene rings is 2. The molecule has 0 atom stereocenters. The number of hydrogen-bond acceptors (Lipinski definition) is 3. The summed E-state index contributed by atoms with van der Waals surface area (Å²) in [5, 5.41) is 13.9. The minimum Gasteiger partial charge on any atom is -0.506 e. The van der Waals surface area contributed by atoms with E-state index in [1.54, 1.807) is 6.07 Å². The van der Waals surface area contributed by atoms with Crippen LogP contribution < -0.4 is 5.32 Å². The normalized spacial score (nSPS) is 11.0. The number of para-hydroxylation sites is 2. The molecule has 6 heteroatoms. The SMILES string of the molecule is Cn1c(NCc2cc(Cl)cc(Cl)c2O)nc2ccccc21. The monoisotopic (exact) mass is 321 g/mol. The smallest absolute Gasteiger partial charge is 0.203 e. The van der Waals surface area contributed by atoms with E-state index >= 15 is 0 Å². The number of halogens is 2. The number of hydrogen-bond donors (Lipinski definition) is 2. The van der Waals surface area contributed by atoms with Crippen molar-refractivity contribution >= 4 is 40.2 Å². The van der Waals surface area contributed by atoms with Crippen molar-refractivity contribution in [3.8, 4) is 5.75 Å². The van der Waals surface area contributed by atoms with Crippen LogP contribution in [0.4, 0.5) is 5.95 Å². The van der Waals surface area contributed by atoms with Crippen LogP contribution in [-0.4, -0.2) is 14.7 Å². The molecule has 1 heterocycles. The van der Waals surface area contributed by atoms with Gasteiger partial charge in [-0.15, -0.1) is 0 Å². The summed E-state index contributed by atoms with van der Waals surface area (Å²) in [4.78, 5) is 4.51. The molecule has 4 nitrogen and oxygen atoms in total. The van der Waals surface area contributed by atoms with Crippen LogP contribution in [0.1, 0.15) is 5.56 Å². The van der Waals surface area contributed by atoms with Crippen molar-refractivity contribution in [1.29, 1.82) is 0 Å². The number of nitrogens with one attached hydrogen (secondary N) is 1. The molecule has 0 aliphatic rings. The van der Waals surface area contributed by atoms with Crippen LogP contribution in [-0.2, 0) is 13.6 Å². The average Bonchev–Trinajstić information content (AvgIpc) is 2.78. The van der Waals surface area contributed by atoms with Gasteiger partial charge in [-0.2, -0.15) is 0 Å². The predicted octanol–water partition coefficient (Wildman–Crippen LogP) is 4.20. The molecule has 3 rings (SSSR count). The Hall–Kier alpha value is -1.91. The predicted molar refractivity (Wildman–Crippen MR) is 86.2 cm³/mol. The number of anilines is 1. The first kappa shape index (κ1) is 14.0. The fraction of sp³-hybridized carbons (Fsp3) is 0.133. The highest BCUT2D eigenvalue weighted by molar-refractivity contribution is 6.35. The Morgan fingerprint density at radius 2 is 2.00 bits per heavy atom. The maximum absolute atomic E-state index is 9.95. The zero-order chi connectivity index (χ0) is 15.0. The molecule has 0 spiro atoms. The molecule has 21 heavy (non-hydrogen) atoms. The van der Waals surface area contributed by atoms with Gasteiger partial charge in [0, 0.05) is 24.2 Å². The van der Waals surface area contributed by atoms with Gasteiger partial charge in [0.2, 0.25) is 5.95 Å². The lowest BCUT2D eigenvalue weighted by Crippen LogP contribution is -2.05. The molecule has 0 aliphatic heterocycles. The van der Waals surface area contributed by atoms with Crippen LogP contribution in [0.2, 0.25) is 10.0 Å². The van der Waals surface area contributed by atoms with E-state index < -0.39 is 0 Å². The highest BCUT2D eigenvalue weighted by Gasteiger charge is 2.10. The minimum atomic E-state index is 0.0346. The fourth-order valence-corrected chi connectivity index (χ4v) is 2.77. The third kappa shape index (κ3) is 2.64. The molecular formula is C15H13Cl2N3O. The quantitative estimate of drug-likeness (QED) is 0.760. The van der Waals surface area contributed by atoms with Crippen molar-refractivity contribution < 1.29 is 5.11 Å². The van der Waals surface area contributed by atoms with Crippen molar-refractivity contribution in [2.45, 2.75) is 6.54 Å². The van der Waals surface area contributed by atoms with Crippen molar-refractivity contribution in [3.63, 3.8) is 0 Å². The van der Waals surface area contributed by atoms with E-state index in [0.717, 1.165) is 11.0 Å². The topological polar surface area (TPSA) is 50.1 Å². The van der Waals surface area contributed by atoms with Crippen LogP contribution in [0.5, 0.6) is 5.75 Å². The largest absolute Gasteiger partial charge is 0.506 e. The number of nitrogens with zero attached hydrogens (tertiary/aromatic N) is 2. The van der Waals surface area contributed by atoms with Crippen molar-refractivity contribution in [3.05, 3.63) is 52.0 Å². The maximum Gasteiger partial charge on any atom is 0.203 e. The van der Waals surface area contributed by atoms with Gasteiger partial charge < -0.3 is 15.0 Å². The first-order valence-corrected chi connectivity index (χ1v) is 7.14. The first-order chi connectivity index (χ1) is 10.1. The van der Waals surface area contributed by atoms with E-state index in [1.165, 1.54) is 6.07 Å². The molecule has 0 aliphatic carbocycles. The van der Waals surface area contributed by atoms with E-state index in [2.05, 4.69) is 10.3 Å². The zero-order valence-corrected chi connectivity index (χ0v) is 12.8. The third-order valence-electron chi connectivity index (χ3n) is 3.33. The Balaban J connectivity index is 1.89. The molecule has 0 fully saturated rings. The molecule has 3 aromatic rings. The number of rotatable bonds is 3. The Morgan fingerprint density at radius 3 is 2.76 bits per heavy atom. The summed E-state index contributed by atoms with van der Waals surface area (Å²) in [6.45, 7) is 0.378. The minimum absolute atomic E-state index is 0.0346. The third-order valence-corrected chi connectivity index (χ3v) is 3.84. The number of phenols is 1. The number of phenolic OH excluding ortho intramolecular Hbond substituents is 1. The molecule has 1 aromatic heterocycles. The lowest BCUT2D eigenvalue weighted by Gasteiger charge is -2.09. The van der Waals surface area contributed by atoms with E-state index in [-0.39, 0.29) is 10.8 Å². The second kappa shape index (κ2) is 5.47. The first-order valence-electron chi connectivity index (χ1n) is 6.38. The molecular weight excluding hydrogens is 309 g/mol. The molecule has 0 saturated heterocycles. The van der Waals surface area contributed by atoms with Gasteiger partial charge >= 0.3 is 0 Å². The summed E-state index contributed by atoms with van der Waals surface area (Å²) in [6, 6.07) is 11.1. The molecule has 2 N–H and O–H groups in total. The lowest BCUT2D eigenvalue weighted by molar-refractivity contribution is 0.469. The highest BCUT2D eigenvalue weighted by atomic mass is 35.5. The van der Waals surface area contributed by atoms with Crippen LogP contribution in [0.3, 0.4) is 0 Å². The van der Waals surface area contributed by atoms with Gasteiger partial charge in [0.25, 0.3) is 0 Å². The average molecular weight is 322 g/mol. The standard InChI is InChI=1S/C15H13Cl2N3O/c1-20-13-5-3-2-4-12(13)19-15(20)18-8-9-6-10(16)7-11(17)14(9)21/h2-7,21H,8H2,1H3,(H,18,19). The van der Waals surface area contributed by atoms with E-state index in [9.17, 15) is 5.11 Å². The molecule has 0 bridgehead atoms. The van der Waals surface area contributed by atoms with Gasteiger partial charge in [-0.1, -0.05) is 35.3 Å². The van der Waals surface area contributed by atoms with Gasteiger partial charge in [0.1, 0.15) is 5.75 Å². The van der Waals surface area contributed by atoms with Crippen molar-refractivity contribution in [2.24, 2.45) is 7.05 Å². The Labute approximate surface area is 131 Å².